The van der Waals surface area contributed by atoms with Crippen molar-refractivity contribution in [2.24, 2.45) is 0 Å². The maximum absolute atomic E-state index is 10.7. The molecule has 138 valence electrons. The van der Waals surface area contributed by atoms with Crippen molar-refractivity contribution in [2.45, 2.75) is 25.7 Å². The highest BCUT2D eigenvalue weighted by Crippen LogP contribution is 2.16. The third-order valence-electron chi connectivity index (χ3n) is 3.58. The lowest BCUT2D eigenvalue weighted by molar-refractivity contribution is -0.137. The average Bonchev–Trinajstić information content (AvgIpc) is 2.57. The summed E-state index contributed by atoms with van der Waals surface area (Å²) in [5.41, 5.74) is 1.42. The monoisotopic (exact) mass is 358 g/mol. The Morgan fingerprint density at radius 2 is 1.15 bits per heavy atom. The van der Waals surface area contributed by atoms with Gasteiger partial charge >= 0.3 is 11.9 Å². The molecule has 2 rings (SSSR count). The fourth-order valence-corrected chi connectivity index (χ4v) is 2.42. The van der Waals surface area contributed by atoms with Crippen LogP contribution in [-0.2, 0) is 22.4 Å². The summed E-state index contributed by atoms with van der Waals surface area (Å²) >= 11 is 0. The first-order valence-electron chi connectivity index (χ1n) is 8.40. The van der Waals surface area contributed by atoms with Gasteiger partial charge in [0.1, 0.15) is 11.5 Å². The van der Waals surface area contributed by atoms with Gasteiger partial charge in [-0.15, -0.1) is 0 Å². The van der Waals surface area contributed by atoms with Crippen molar-refractivity contribution in [2.75, 3.05) is 13.2 Å². The van der Waals surface area contributed by atoms with E-state index in [4.69, 9.17) is 19.7 Å². The second-order valence-electron chi connectivity index (χ2n) is 5.84. The highest BCUT2D eigenvalue weighted by atomic mass is 16.5. The third kappa shape index (κ3) is 7.25. The van der Waals surface area contributed by atoms with E-state index >= 15 is 0 Å². The normalized spacial score (nSPS) is 10.3. The number of hydrogen-bond acceptors (Lipinski definition) is 4. The van der Waals surface area contributed by atoms with Gasteiger partial charge in [-0.3, -0.25) is 9.59 Å². The predicted octanol–water partition coefficient (Wildman–Crippen LogP) is 3.18. The van der Waals surface area contributed by atoms with Gasteiger partial charge in [0.2, 0.25) is 0 Å². The van der Waals surface area contributed by atoms with E-state index in [0.717, 1.165) is 12.8 Å². The lowest BCUT2D eigenvalue weighted by atomic mass is 10.1. The summed E-state index contributed by atoms with van der Waals surface area (Å²) in [6.07, 6.45) is 1.54. The van der Waals surface area contributed by atoms with Crippen LogP contribution in [-0.4, -0.2) is 35.4 Å². The standard InChI is InChI=1S/C20H22O6/c21-19(22)13-15-5-3-7-17(11-15)25-9-1-2-10-26-18-8-4-6-16(12-18)14-20(23)24/h3-8,11-12H,1-2,9-10,13-14H2,(H,21,22)(H,23,24). The highest BCUT2D eigenvalue weighted by molar-refractivity contribution is 5.70. The fraction of sp³-hybridized carbons (Fsp3) is 0.300. The zero-order valence-corrected chi connectivity index (χ0v) is 14.4. The second kappa shape index (κ2) is 10.1. The summed E-state index contributed by atoms with van der Waals surface area (Å²) in [5, 5.41) is 17.6. The molecule has 6 nitrogen and oxygen atoms in total. The first kappa shape index (κ1) is 19.3. The molecule has 2 aromatic rings. The van der Waals surface area contributed by atoms with Gasteiger partial charge in [0.15, 0.2) is 0 Å². The molecule has 26 heavy (non-hydrogen) atoms. The Kier molecular flexibility index (Phi) is 7.49. The Bertz CT molecular complexity index is 677. The molecule has 0 unspecified atom stereocenters. The van der Waals surface area contributed by atoms with Crippen LogP contribution in [0.25, 0.3) is 0 Å². The van der Waals surface area contributed by atoms with E-state index in [1.165, 1.54) is 0 Å². The predicted molar refractivity (Wildman–Crippen MR) is 95.8 cm³/mol. The van der Waals surface area contributed by atoms with Crippen molar-refractivity contribution in [1.29, 1.82) is 0 Å². The largest absolute Gasteiger partial charge is 0.494 e. The molecule has 0 amide bonds. The summed E-state index contributed by atoms with van der Waals surface area (Å²) in [7, 11) is 0. The molecule has 0 radical (unpaired) electrons. The van der Waals surface area contributed by atoms with E-state index in [-0.39, 0.29) is 12.8 Å². The van der Waals surface area contributed by atoms with Crippen LogP contribution >= 0.6 is 0 Å². The Morgan fingerprint density at radius 3 is 1.54 bits per heavy atom. The first-order valence-corrected chi connectivity index (χ1v) is 8.40. The molecule has 0 spiro atoms. The van der Waals surface area contributed by atoms with E-state index in [0.29, 0.717) is 35.8 Å². The summed E-state index contributed by atoms with van der Waals surface area (Å²) < 4.78 is 11.3. The molecule has 0 fully saturated rings. The Hall–Kier alpha value is -3.02. The van der Waals surface area contributed by atoms with Crippen molar-refractivity contribution >= 4 is 11.9 Å². The zero-order valence-electron chi connectivity index (χ0n) is 14.4. The number of carboxylic acids is 2. The lowest BCUT2D eigenvalue weighted by Crippen LogP contribution is -2.04. The molecule has 0 aliphatic heterocycles. The Labute approximate surface area is 152 Å². The third-order valence-corrected chi connectivity index (χ3v) is 3.58. The molecule has 6 heteroatoms. The van der Waals surface area contributed by atoms with Gasteiger partial charge in [-0.1, -0.05) is 24.3 Å². The molecule has 0 saturated carbocycles. The minimum Gasteiger partial charge on any atom is -0.494 e. The van der Waals surface area contributed by atoms with Crippen LogP contribution in [0.5, 0.6) is 11.5 Å². The van der Waals surface area contributed by atoms with Gasteiger partial charge in [0.25, 0.3) is 0 Å². The maximum atomic E-state index is 10.7. The average molecular weight is 358 g/mol. The first-order chi connectivity index (χ1) is 12.5. The number of rotatable bonds is 11. The zero-order chi connectivity index (χ0) is 18.8. The quantitative estimate of drug-likeness (QED) is 0.599. The molecule has 0 saturated heterocycles. The van der Waals surface area contributed by atoms with Crippen LogP contribution in [0, 0.1) is 0 Å². The molecule has 0 aliphatic rings. The van der Waals surface area contributed by atoms with Gasteiger partial charge in [-0.05, 0) is 48.2 Å². The molecular weight excluding hydrogens is 336 g/mol. The number of unbranched alkanes of at least 4 members (excludes halogenated alkanes) is 1. The van der Waals surface area contributed by atoms with Gasteiger partial charge in [-0.2, -0.15) is 0 Å². The summed E-state index contributed by atoms with van der Waals surface area (Å²) in [6.45, 7) is 1.03. The van der Waals surface area contributed by atoms with Crippen molar-refractivity contribution in [1.82, 2.24) is 0 Å². The Balaban J connectivity index is 1.67. The van der Waals surface area contributed by atoms with Crippen LogP contribution in [0.4, 0.5) is 0 Å². The van der Waals surface area contributed by atoms with Crippen molar-refractivity contribution in [3.05, 3.63) is 59.7 Å². The van der Waals surface area contributed by atoms with Crippen LogP contribution < -0.4 is 9.47 Å². The van der Waals surface area contributed by atoms with Crippen LogP contribution in [0.3, 0.4) is 0 Å². The topological polar surface area (TPSA) is 93.1 Å². The number of carboxylic acid groups (broad SMARTS) is 2. The van der Waals surface area contributed by atoms with Crippen LogP contribution in [0.1, 0.15) is 24.0 Å². The van der Waals surface area contributed by atoms with E-state index in [2.05, 4.69) is 0 Å². The molecule has 2 aromatic carbocycles. The van der Waals surface area contributed by atoms with Gasteiger partial charge in [0.05, 0.1) is 26.1 Å². The number of carbonyl (C=O) groups is 2. The fourth-order valence-electron chi connectivity index (χ4n) is 2.42. The number of benzene rings is 2. The summed E-state index contributed by atoms with van der Waals surface area (Å²) in [4.78, 5) is 21.4. The number of hydrogen-bond donors (Lipinski definition) is 2. The number of ether oxygens (including phenoxy) is 2. The van der Waals surface area contributed by atoms with E-state index in [1.807, 2.05) is 0 Å². The van der Waals surface area contributed by atoms with Crippen molar-refractivity contribution in [3.8, 4) is 11.5 Å². The molecular formula is C20H22O6. The van der Waals surface area contributed by atoms with Crippen molar-refractivity contribution < 1.29 is 29.3 Å². The number of aliphatic carboxylic acids is 2. The van der Waals surface area contributed by atoms with E-state index in [9.17, 15) is 9.59 Å². The van der Waals surface area contributed by atoms with Crippen molar-refractivity contribution in [3.63, 3.8) is 0 Å². The minimum atomic E-state index is -0.869. The molecule has 0 aromatic heterocycles. The molecule has 2 N–H and O–H groups in total. The smallest absolute Gasteiger partial charge is 0.307 e. The molecule has 0 atom stereocenters. The van der Waals surface area contributed by atoms with Gasteiger partial charge < -0.3 is 19.7 Å². The lowest BCUT2D eigenvalue weighted by Gasteiger charge is -2.09. The van der Waals surface area contributed by atoms with E-state index < -0.39 is 11.9 Å². The van der Waals surface area contributed by atoms with Gasteiger partial charge in [0, 0.05) is 0 Å². The molecule has 0 bridgehead atoms. The van der Waals surface area contributed by atoms with Crippen LogP contribution in [0.2, 0.25) is 0 Å². The highest BCUT2D eigenvalue weighted by Gasteiger charge is 2.03. The van der Waals surface area contributed by atoms with Crippen LogP contribution in [0.15, 0.2) is 48.5 Å². The van der Waals surface area contributed by atoms with E-state index in [1.54, 1.807) is 48.5 Å². The minimum absolute atomic E-state index is 0.0218. The van der Waals surface area contributed by atoms with Gasteiger partial charge in [-0.25, -0.2) is 0 Å². The summed E-state index contributed by atoms with van der Waals surface area (Å²) in [6, 6.07) is 14.1. The Morgan fingerprint density at radius 1 is 0.731 bits per heavy atom. The molecule has 0 aliphatic carbocycles. The second-order valence-corrected chi connectivity index (χ2v) is 5.84. The molecule has 0 heterocycles. The summed E-state index contributed by atoms with van der Waals surface area (Å²) in [5.74, 6) is -0.421. The maximum Gasteiger partial charge on any atom is 0.307 e. The SMILES string of the molecule is O=C(O)Cc1cccc(OCCCCOc2cccc(CC(=O)O)c2)c1.